The third kappa shape index (κ3) is 2.25. The van der Waals surface area contributed by atoms with E-state index in [9.17, 15) is 39.2 Å². The van der Waals surface area contributed by atoms with Crippen LogP contribution < -0.4 is 0 Å². The topological polar surface area (TPSA) is 34.1 Å². The quantitative estimate of drug-likeness (QED) is 0.740. The summed E-state index contributed by atoms with van der Waals surface area (Å²) in [5.41, 5.74) is 0. The van der Waals surface area contributed by atoms with Crippen LogP contribution in [0.15, 0.2) is 0 Å². The fraction of sp³-hybridized carbons (Fsp3) is 1.00. The van der Waals surface area contributed by atoms with E-state index in [-0.39, 0.29) is 0 Å². The molecule has 0 saturated carbocycles. The lowest BCUT2D eigenvalue weighted by molar-refractivity contribution is -0.332. The molecule has 0 aliphatic carbocycles. The van der Waals surface area contributed by atoms with E-state index in [1.54, 1.807) is 0 Å². The molecule has 0 aromatic heterocycles. The average Bonchev–Trinajstić information content (AvgIpc) is 2.01. The van der Waals surface area contributed by atoms with Crippen LogP contribution in [0.3, 0.4) is 0 Å². The number of halogens is 7. The summed E-state index contributed by atoms with van der Waals surface area (Å²) < 4.78 is 106. The summed E-state index contributed by atoms with van der Waals surface area (Å²) in [6.45, 7) is 1.05. The second-order valence-corrected chi connectivity index (χ2v) is 5.06. The Morgan fingerprint density at radius 2 is 1.31 bits per heavy atom. The zero-order valence-electron chi connectivity index (χ0n) is 7.78. The van der Waals surface area contributed by atoms with Crippen LogP contribution in [0.1, 0.15) is 13.3 Å². The van der Waals surface area contributed by atoms with E-state index in [2.05, 4.69) is 0 Å². The maximum Gasteiger partial charge on any atom is 0.461 e. The van der Waals surface area contributed by atoms with Crippen molar-refractivity contribution in [3.8, 4) is 0 Å². The van der Waals surface area contributed by atoms with Crippen LogP contribution in [-0.2, 0) is 9.84 Å². The van der Waals surface area contributed by atoms with E-state index in [1.807, 2.05) is 0 Å². The minimum Gasteiger partial charge on any atom is -0.222 e. The Kier molecular flexibility index (Phi) is 3.91. The summed E-state index contributed by atoms with van der Waals surface area (Å²) in [7, 11) is -5.85. The van der Waals surface area contributed by atoms with Crippen molar-refractivity contribution in [1.29, 1.82) is 0 Å². The maximum atomic E-state index is 12.6. The van der Waals surface area contributed by atoms with E-state index in [0.29, 0.717) is 0 Å². The molecule has 0 aliphatic rings. The molecule has 0 aliphatic heterocycles. The summed E-state index contributed by atoms with van der Waals surface area (Å²) in [5.74, 6) is -8.06. The molecule has 0 fully saturated rings. The fourth-order valence-corrected chi connectivity index (χ4v) is 2.06. The fourth-order valence-electron chi connectivity index (χ4n) is 0.757. The van der Waals surface area contributed by atoms with Crippen LogP contribution in [0.5, 0.6) is 0 Å². The van der Waals surface area contributed by atoms with Crippen LogP contribution in [0.25, 0.3) is 0 Å². The Morgan fingerprint density at radius 1 is 0.938 bits per heavy atom. The first-order chi connectivity index (χ1) is 6.81. The van der Waals surface area contributed by atoms with Gasteiger partial charge < -0.3 is 0 Å². The van der Waals surface area contributed by atoms with Gasteiger partial charge in [-0.05, 0) is 6.42 Å². The van der Waals surface area contributed by atoms with Crippen molar-refractivity contribution in [1.82, 2.24) is 0 Å². The van der Waals surface area contributed by atoms with Crippen molar-refractivity contribution in [2.45, 2.75) is 30.7 Å². The number of rotatable bonds is 4. The van der Waals surface area contributed by atoms with Gasteiger partial charge in [0.25, 0.3) is 0 Å². The highest BCUT2D eigenvalue weighted by atomic mass is 32.2. The molecule has 16 heavy (non-hydrogen) atoms. The van der Waals surface area contributed by atoms with Gasteiger partial charge in [-0.25, -0.2) is 8.42 Å². The molecule has 0 bridgehead atoms. The molecule has 0 saturated heterocycles. The van der Waals surface area contributed by atoms with Crippen LogP contribution in [-0.4, -0.2) is 31.5 Å². The SMILES string of the molecule is CCCS(=O)(=O)C(F)(F)C(F)(F)C(F)(F)F. The Hall–Kier alpha value is -0.540. The summed E-state index contributed by atoms with van der Waals surface area (Å²) in [5, 5.41) is -6.16. The van der Waals surface area contributed by atoms with Gasteiger partial charge in [0, 0.05) is 0 Å². The molecular weight excluding hydrogens is 269 g/mol. The van der Waals surface area contributed by atoms with E-state index < -0.39 is 39.4 Å². The van der Waals surface area contributed by atoms with E-state index in [0.717, 1.165) is 6.92 Å². The smallest absolute Gasteiger partial charge is 0.222 e. The molecule has 0 radical (unpaired) electrons. The van der Waals surface area contributed by atoms with Gasteiger partial charge in [0.2, 0.25) is 9.84 Å². The Labute approximate surface area is 86.3 Å². The molecule has 0 amide bonds. The minimum atomic E-state index is -6.63. The van der Waals surface area contributed by atoms with Crippen molar-refractivity contribution >= 4 is 9.84 Å². The molecule has 0 aromatic rings. The zero-order chi connectivity index (χ0) is 13.4. The van der Waals surface area contributed by atoms with E-state index in [1.165, 1.54) is 0 Å². The van der Waals surface area contributed by atoms with Crippen molar-refractivity contribution < 1.29 is 39.2 Å². The van der Waals surface area contributed by atoms with Gasteiger partial charge in [-0.15, -0.1) is 0 Å². The standard InChI is InChI=1S/C6H7F7O2S/c1-2-3-16(14,15)6(12,13)4(7,8)5(9,10)11/h2-3H2,1H3. The zero-order valence-corrected chi connectivity index (χ0v) is 8.60. The second-order valence-electron chi connectivity index (χ2n) is 2.91. The molecule has 0 rings (SSSR count). The highest BCUT2D eigenvalue weighted by Crippen LogP contribution is 2.49. The summed E-state index contributed by atoms with van der Waals surface area (Å²) in [6.07, 6.45) is -7.12. The van der Waals surface area contributed by atoms with Crippen LogP contribution in [0, 0.1) is 0 Å². The number of sulfone groups is 1. The lowest BCUT2D eigenvalue weighted by Crippen LogP contribution is -2.56. The van der Waals surface area contributed by atoms with E-state index in [4.69, 9.17) is 0 Å². The molecule has 0 heterocycles. The molecule has 2 nitrogen and oxygen atoms in total. The molecule has 10 heteroatoms. The van der Waals surface area contributed by atoms with Gasteiger partial charge >= 0.3 is 17.4 Å². The Bertz CT molecular complexity index is 342. The highest BCUT2D eigenvalue weighted by molar-refractivity contribution is 7.92. The molecule has 98 valence electrons. The summed E-state index contributed by atoms with van der Waals surface area (Å²) in [4.78, 5) is 0. The predicted octanol–water partition coefficient (Wildman–Crippen LogP) is 2.60. The third-order valence-corrected chi connectivity index (χ3v) is 3.57. The van der Waals surface area contributed by atoms with Crippen molar-refractivity contribution in [2.24, 2.45) is 0 Å². The normalized spacial score (nSPS) is 15.2. The third-order valence-electron chi connectivity index (χ3n) is 1.59. The lowest BCUT2D eigenvalue weighted by atomic mass is 10.3. The summed E-state index contributed by atoms with van der Waals surface area (Å²) >= 11 is 0. The number of alkyl halides is 7. The van der Waals surface area contributed by atoms with Crippen molar-refractivity contribution in [3.05, 3.63) is 0 Å². The Morgan fingerprint density at radius 3 is 1.56 bits per heavy atom. The van der Waals surface area contributed by atoms with Gasteiger partial charge in [0.15, 0.2) is 0 Å². The lowest BCUT2D eigenvalue weighted by Gasteiger charge is -2.27. The first kappa shape index (κ1) is 15.5. The molecule has 0 unspecified atom stereocenters. The summed E-state index contributed by atoms with van der Waals surface area (Å²) in [6, 6.07) is 0. The number of hydrogen-bond donors (Lipinski definition) is 0. The highest BCUT2D eigenvalue weighted by Gasteiger charge is 2.78. The molecule has 0 N–H and O–H groups in total. The van der Waals surface area contributed by atoms with Gasteiger partial charge in [-0.1, -0.05) is 6.92 Å². The largest absolute Gasteiger partial charge is 0.461 e. The van der Waals surface area contributed by atoms with Crippen LogP contribution in [0.2, 0.25) is 0 Å². The van der Waals surface area contributed by atoms with Crippen molar-refractivity contribution in [3.63, 3.8) is 0 Å². The van der Waals surface area contributed by atoms with E-state index >= 15 is 0 Å². The molecule has 0 atom stereocenters. The maximum absolute atomic E-state index is 12.6. The first-order valence-corrected chi connectivity index (χ1v) is 5.51. The van der Waals surface area contributed by atoms with Crippen LogP contribution >= 0.6 is 0 Å². The average molecular weight is 276 g/mol. The minimum absolute atomic E-state index is 0.494. The van der Waals surface area contributed by atoms with Gasteiger partial charge in [0.05, 0.1) is 5.75 Å². The van der Waals surface area contributed by atoms with Gasteiger partial charge in [-0.2, -0.15) is 30.7 Å². The first-order valence-electron chi connectivity index (χ1n) is 3.86. The monoisotopic (exact) mass is 276 g/mol. The van der Waals surface area contributed by atoms with Gasteiger partial charge in [-0.3, -0.25) is 0 Å². The molecular formula is C6H7F7O2S. The second kappa shape index (κ2) is 4.04. The molecule has 0 aromatic carbocycles. The van der Waals surface area contributed by atoms with Crippen LogP contribution in [0.4, 0.5) is 30.7 Å². The predicted molar refractivity (Wildman–Crippen MR) is 40.0 cm³/mol. The molecule has 0 spiro atoms. The van der Waals surface area contributed by atoms with Gasteiger partial charge in [0.1, 0.15) is 0 Å². The Balaban J connectivity index is 5.54. The van der Waals surface area contributed by atoms with Crippen molar-refractivity contribution in [2.75, 3.05) is 5.75 Å². The number of hydrogen-bond acceptors (Lipinski definition) is 2.